The van der Waals surface area contributed by atoms with Gasteiger partial charge < -0.3 is 5.11 Å². The normalized spacial score (nSPS) is 12.1. The summed E-state index contributed by atoms with van der Waals surface area (Å²) in [5.74, 6) is -1.04. The third-order valence-corrected chi connectivity index (χ3v) is 3.91. The Morgan fingerprint density at radius 1 is 1.50 bits per heavy atom. The summed E-state index contributed by atoms with van der Waals surface area (Å²) in [6.45, 7) is 1.38. The maximum atomic E-state index is 13.1. The van der Waals surface area contributed by atoms with Crippen LogP contribution in [0, 0.1) is 18.3 Å². The monoisotopic (exact) mass is 386 g/mol. The summed E-state index contributed by atoms with van der Waals surface area (Å²) in [5.41, 5.74) is -1.61. The Morgan fingerprint density at radius 3 is 2.73 bits per heavy atom. The van der Waals surface area contributed by atoms with Crippen molar-refractivity contribution in [3.63, 3.8) is 0 Å². The lowest BCUT2D eigenvalue weighted by Crippen LogP contribution is -2.53. The fourth-order valence-corrected chi connectivity index (χ4v) is 2.67. The summed E-state index contributed by atoms with van der Waals surface area (Å²) < 4.78 is 44.0. The molecule has 0 aliphatic heterocycles. The molecule has 0 atom stereocenters. The van der Waals surface area contributed by atoms with Crippen molar-refractivity contribution < 1.29 is 27.6 Å². The van der Waals surface area contributed by atoms with Crippen molar-refractivity contribution in [2.24, 2.45) is 4.99 Å². The van der Waals surface area contributed by atoms with Gasteiger partial charge in [-0.05, 0) is 18.9 Å². The molecule has 0 unspecified atom stereocenters. The predicted octanol–water partition coefficient (Wildman–Crippen LogP) is 0.936. The van der Waals surface area contributed by atoms with E-state index in [0.29, 0.717) is 11.8 Å². The smallest absolute Gasteiger partial charge is 0.417 e. The first-order valence-electron chi connectivity index (χ1n) is 7.04. The fourth-order valence-electron chi connectivity index (χ4n) is 1.83. The number of aliphatic imine (C=N–C) groups is 1. The van der Waals surface area contributed by atoms with E-state index < -0.39 is 23.2 Å². The molecule has 12 heteroatoms. The molecule has 0 aliphatic rings. The first-order valence-corrected chi connectivity index (χ1v) is 8.03. The van der Waals surface area contributed by atoms with Gasteiger partial charge in [-0.3, -0.25) is 4.52 Å². The van der Waals surface area contributed by atoms with Gasteiger partial charge in [-0.25, -0.2) is 9.98 Å². The van der Waals surface area contributed by atoms with E-state index in [1.54, 1.807) is 19.1 Å². The average Bonchev–Trinajstić information content (AvgIpc) is 3.00. The lowest BCUT2D eigenvalue weighted by Gasteiger charge is -2.14. The van der Waals surface area contributed by atoms with E-state index in [0.717, 1.165) is 6.07 Å². The number of thioether (sulfide) groups is 1. The number of hydrogen-bond donors (Lipinski definition) is 0. The molecule has 0 saturated carbocycles. The van der Waals surface area contributed by atoms with E-state index in [-0.39, 0.29) is 22.4 Å². The number of aromatic nitrogens is 3. The fraction of sp³-hybridized carbons (Fsp3) is 0.357. The SMILES string of the molecule is Cc1cc(C(F)(F)F)c(C#N)c(SC/C([O-])=N/c2c[n+](N(C)C)no2)n1. The molecule has 0 fully saturated rings. The highest BCUT2D eigenvalue weighted by atomic mass is 32.2. The summed E-state index contributed by atoms with van der Waals surface area (Å²) in [7, 11) is 3.38. The molecule has 0 bridgehead atoms. The number of alkyl halides is 3. The van der Waals surface area contributed by atoms with Gasteiger partial charge in [0.25, 0.3) is 6.20 Å². The van der Waals surface area contributed by atoms with Crippen molar-refractivity contribution in [3.8, 4) is 6.07 Å². The van der Waals surface area contributed by atoms with Crippen LogP contribution < -0.4 is 14.9 Å². The number of nitriles is 1. The van der Waals surface area contributed by atoms with Gasteiger partial charge in [0.15, 0.2) is 0 Å². The first kappa shape index (κ1) is 19.5. The predicted molar refractivity (Wildman–Crippen MR) is 83.3 cm³/mol. The second-order valence-corrected chi connectivity index (χ2v) is 6.17. The van der Waals surface area contributed by atoms with Crippen LogP contribution in [0.4, 0.5) is 19.1 Å². The lowest BCUT2D eigenvalue weighted by molar-refractivity contribution is -0.753. The Hall–Kier alpha value is -2.81. The standard InChI is InChI=1S/C14H13F3N6O2S/c1-8-4-10(14(15,16)17)9(5-18)13(19-8)26-7-11(24)20-12-6-23(21-25-12)22(2)3/h4,6H,7H2,1-3H3. The van der Waals surface area contributed by atoms with Crippen LogP contribution in [0.1, 0.15) is 16.8 Å². The number of hydrogen-bond acceptors (Lipinski definition) is 8. The van der Waals surface area contributed by atoms with Gasteiger partial charge in [0.05, 0.1) is 30.0 Å². The Labute approximate surface area is 150 Å². The largest absolute Gasteiger partial charge is 0.861 e. The van der Waals surface area contributed by atoms with Crippen LogP contribution in [-0.2, 0) is 6.18 Å². The maximum absolute atomic E-state index is 13.1. The topological polar surface area (TPSA) is 105 Å². The number of nitrogens with zero attached hydrogens (tertiary/aromatic N) is 6. The highest BCUT2D eigenvalue weighted by Crippen LogP contribution is 2.35. The summed E-state index contributed by atoms with van der Waals surface area (Å²) in [6, 6.07) is 2.30. The molecule has 2 rings (SSSR count). The minimum atomic E-state index is -4.69. The van der Waals surface area contributed by atoms with E-state index >= 15 is 0 Å². The summed E-state index contributed by atoms with van der Waals surface area (Å²) in [5, 5.41) is 26.0. The Kier molecular flexibility index (Phi) is 5.71. The quantitative estimate of drug-likeness (QED) is 0.326. The number of halogens is 3. The van der Waals surface area contributed by atoms with Gasteiger partial charge in [0.2, 0.25) is 5.27 Å². The van der Waals surface area contributed by atoms with Crippen molar-refractivity contribution in [1.29, 1.82) is 5.26 Å². The van der Waals surface area contributed by atoms with Crippen LogP contribution in [0.2, 0.25) is 0 Å². The lowest BCUT2D eigenvalue weighted by atomic mass is 10.1. The van der Waals surface area contributed by atoms with Gasteiger partial charge in [0.1, 0.15) is 11.1 Å². The van der Waals surface area contributed by atoms with Crippen LogP contribution in [-0.4, -0.2) is 36.0 Å². The van der Waals surface area contributed by atoms with E-state index in [2.05, 4.69) is 15.2 Å². The molecule has 0 amide bonds. The van der Waals surface area contributed by atoms with Crippen LogP contribution in [0.15, 0.2) is 26.8 Å². The van der Waals surface area contributed by atoms with Crippen molar-refractivity contribution >= 4 is 23.5 Å². The molecule has 2 heterocycles. The minimum absolute atomic E-state index is 0.0574. The molecule has 8 nitrogen and oxygen atoms in total. The van der Waals surface area contributed by atoms with Crippen LogP contribution in [0.25, 0.3) is 0 Å². The minimum Gasteiger partial charge on any atom is -0.861 e. The Morgan fingerprint density at radius 2 is 2.19 bits per heavy atom. The molecule has 138 valence electrons. The summed E-state index contributed by atoms with van der Waals surface area (Å²) in [6.07, 6.45) is -3.34. The van der Waals surface area contributed by atoms with E-state index in [1.165, 1.54) is 24.0 Å². The third-order valence-electron chi connectivity index (χ3n) is 2.95. The molecule has 0 aromatic carbocycles. The van der Waals surface area contributed by atoms with Gasteiger partial charge in [-0.15, -0.1) is 0 Å². The van der Waals surface area contributed by atoms with Gasteiger partial charge in [-0.1, -0.05) is 11.8 Å². The van der Waals surface area contributed by atoms with Crippen molar-refractivity contribution in [2.45, 2.75) is 18.1 Å². The molecule has 0 aliphatic carbocycles. The molecule has 0 spiro atoms. The highest BCUT2D eigenvalue weighted by Gasteiger charge is 2.35. The Bertz CT molecular complexity index is 873. The summed E-state index contributed by atoms with van der Waals surface area (Å²) in [4.78, 5) is 8.88. The number of rotatable bonds is 5. The van der Waals surface area contributed by atoms with Crippen LogP contribution in [0.3, 0.4) is 0 Å². The zero-order valence-corrected chi connectivity index (χ0v) is 14.7. The van der Waals surface area contributed by atoms with E-state index in [9.17, 15) is 18.3 Å². The van der Waals surface area contributed by atoms with Gasteiger partial charge >= 0.3 is 12.1 Å². The van der Waals surface area contributed by atoms with E-state index in [4.69, 9.17) is 9.78 Å². The molecule has 0 N–H and O–H groups in total. The molecule has 26 heavy (non-hydrogen) atoms. The van der Waals surface area contributed by atoms with Crippen molar-refractivity contribution in [1.82, 2.24) is 10.3 Å². The van der Waals surface area contributed by atoms with Crippen molar-refractivity contribution in [2.75, 3.05) is 24.9 Å². The number of pyridine rings is 1. The maximum Gasteiger partial charge on any atom is 0.417 e. The van der Waals surface area contributed by atoms with Gasteiger partial charge in [-0.2, -0.15) is 23.4 Å². The molecule has 0 saturated heterocycles. The second kappa shape index (κ2) is 7.61. The molecular formula is C14H13F3N6O2S. The second-order valence-electron chi connectivity index (χ2n) is 5.20. The highest BCUT2D eigenvalue weighted by molar-refractivity contribution is 7.99. The van der Waals surface area contributed by atoms with Crippen molar-refractivity contribution in [3.05, 3.63) is 29.1 Å². The third kappa shape index (κ3) is 4.63. The van der Waals surface area contributed by atoms with E-state index in [1.807, 2.05) is 0 Å². The molecule has 2 aromatic heterocycles. The molecule has 2 aromatic rings. The summed E-state index contributed by atoms with van der Waals surface area (Å²) >= 11 is 0.700. The Balaban J connectivity index is 2.22. The molecule has 0 radical (unpaired) electrons. The average molecular weight is 386 g/mol. The van der Waals surface area contributed by atoms with Gasteiger partial charge in [0, 0.05) is 11.4 Å². The number of aryl methyl sites for hydroxylation is 1. The van der Waals surface area contributed by atoms with Crippen LogP contribution >= 0.6 is 11.8 Å². The van der Waals surface area contributed by atoms with Crippen LogP contribution in [0.5, 0.6) is 0 Å². The first-order chi connectivity index (χ1) is 12.1. The molecular weight excluding hydrogens is 373 g/mol. The zero-order chi connectivity index (χ0) is 19.5. The zero-order valence-electron chi connectivity index (χ0n) is 13.9.